The molecule has 0 radical (unpaired) electrons. The largest absolute Gasteiger partial charge is 0.490 e. The molecule has 0 atom stereocenters. The molecule has 0 unspecified atom stereocenters. The molecule has 1 aliphatic carbocycles. The van der Waals surface area contributed by atoms with Gasteiger partial charge < -0.3 is 10.5 Å². The molecule has 1 aromatic rings. The summed E-state index contributed by atoms with van der Waals surface area (Å²) in [7, 11) is 0. The van der Waals surface area contributed by atoms with Crippen molar-refractivity contribution in [3.8, 4) is 5.75 Å². The summed E-state index contributed by atoms with van der Waals surface area (Å²) in [5, 5.41) is 0. The molecular weight excluding hydrogens is 198 g/mol. The Hall–Kier alpha value is -0.730. The fraction of sp³-hybridized carbons (Fsp3) is 0.455. The fourth-order valence-electron chi connectivity index (χ4n) is 1.51. The Morgan fingerprint density at radius 1 is 1.21 bits per heavy atom. The molecule has 78 valence electrons. The zero-order valence-corrected chi connectivity index (χ0v) is 9.09. The number of rotatable bonds is 2. The fourth-order valence-corrected chi connectivity index (χ4v) is 1.51. The van der Waals surface area contributed by atoms with Gasteiger partial charge in [-0.25, -0.2) is 0 Å². The number of benzene rings is 1. The molecule has 1 fully saturated rings. The third-order valence-electron chi connectivity index (χ3n) is 2.46. The maximum absolute atomic E-state index is 5.70. The first-order valence-electron chi connectivity index (χ1n) is 4.73. The second-order valence-electron chi connectivity index (χ2n) is 3.78. The van der Waals surface area contributed by atoms with Crippen LogP contribution in [0.25, 0.3) is 0 Å². The molecule has 3 heteroatoms. The standard InChI is InChI=1S/C11H15NO.ClH/c1-8-2-4-10(5-3-8)13-11-6-9(12)7-11;/h2-5,9,11H,6-7,12H2,1H3;1H. The Morgan fingerprint density at radius 2 is 1.79 bits per heavy atom. The summed E-state index contributed by atoms with van der Waals surface area (Å²) >= 11 is 0. The molecule has 0 bridgehead atoms. The maximum atomic E-state index is 5.70. The van der Waals surface area contributed by atoms with Crippen LogP contribution in [0.3, 0.4) is 0 Å². The second kappa shape index (κ2) is 4.67. The molecule has 0 spiro atoms. The molecule has 0 aromatic heterocycles. The molecule has 1 saturated carbocycles. The van der Waals surface area contributed by atoms with E-state index in [1.54, 1.807) is 0 Å². The van der Waals surface area contributed by atoms with Crippen molar-refractivity contribution in [2.24, 2.45) is 5.73 Å². The van der Waals surface area contributed by atoms with E-state index in [-0.39, 0.29) is 12.4 Å². The zero-order valence-electron chi connectivity index (χ0n) is 8.27. The minimum Gasteiger partial charge on any atom is -0.490 e. The summed E-state index contributed by atoms with van der Waals surface area (Å²) in [5.74, 6) is 0.961. The number of aryl methyl sites for hydroxylation is 1. The van der Waals surface area contributed by atoms with Crippen LogP contribution in [0.2, 0.25) is 0 Å². The maximum Gasteiger partial charge on any atom is 0.119 e. The Kier molecular flexibility index (Phi) is 3.78. The summed E-state index contributed by atoms with van der Waals surface area (Å²) in [5.41, 5.74) is 6.93. The minimum absolute atomic E-state index is 0. The van der Waals surface area contributed by atoms with E-state index in [9.17, 15) is 0 Å². The Labute approximate surface area is 90.9 Å². The van der Waals surface area contributed by atoms with Crippen molar-refractivity contribution >= 4 is 12.4 Å². The van der Waals surface area contributed by atoms with Crippen LogP contribution in [0, 0.1) is 6.92 Å². The van der Waals surface area contributed by atoms with Crippen LogP contribution in [0.4, 0.5) is 0 Å². The van der Waals surface area contributed by atoms with Crippen LogP contribution in [0.5, 0.6) is 5.75 Å². The van der Waals surface area contributed by atoms with E-state index in [0.29, 0.717) is 12.1 Å². The van der Waals surface area contributed by atoms with Gasteiger partial charge in [0, 0.05) is 6.04 Å². The van der Waals surface area contributed by atoms with Gasteiger partial charge in [-0.2, -0.15) is 0 Å². The van der Waals surface area contributed by atoms with Crippen LogP contribution in [0.15, 0.2) is 24.3 Å². The summed E-state index contributed by atoms with van der Waals surface area (Å²) in [6, 6.07) is 8.51. The van der Waals surface area contributed by atoms with Crippen molar-refractivity contribution in [2.75, 3.05) is 0 Å². The van der Waals surface area contributed by atoms with Crippen LogP contribution >= 0.6 is 12.4 Å². The third kappa shape index (κ3) is 2.63. The SMILES string of the molecule is Cc1ccc(OC2CC(N)C2)cc1.Cl. The lowest BCUT2D eigenvalue weighted by Gasteiger charge is -2.32. The first kappa shape index (κ1) is 11.3. The molecule has 14 heavy (non-hydrogen) atoms. The van der Waals surface area contributed by atoms with Gasteiger partial charge in [0.15, 0.2) is 0 Å². The molecule has 1 aliphatic rings. The first-order valence-corrected chi connectivity index (χ1v) is 4.73. The van der Waals surface area contributed by atoms with Crippen molar-refractivity contribution in [1.29, 1.82) is 0 Å². The predicted molar refractivity (Wildman–Crippen MR) is 60.1 cm³/mol. The van der Waals surface area contributed by atoms with Crippen LogP contribution < -0.4 is 10.5 Å². The molecule has 2 N–H and O–H groups in total. The van der Waals surface area contributed by atoms with Crippen molar-refractivity contribution in [3.63, 3.8) is 0 Å². The lowest BCUT2D eigenvalue weighted by molar-refractivity contribution is 0.101. The van der Waals surface area contributed by atoms with E-state index in [1.165, 1.54) is 5.56 Å². The van der Waals surface area contributed by atoms with Crippen molar-refractivity contribution in [3.05, 3.63) is 29.8 Å². The van der Waals surface area contributed by atoms with E-state index in [1.807, 2.05) is 12.1 Å². The second-order valence-corrected chi connectivity index (χ2v) is 3.78. The highest BCUT2D eigenvalue weighted by atomic mass is 35.5. The Bertz CT molecular complexity index is 280. The molecule has 0 amide bonds. The number of nitrogens with two attached hydrogens (primary N) is 1. The summed E-state index contributed by atoms with van der Waals surface area (Å²) in [4.78, 5) is 0. The first-order chi connectivity index (χ1) is 6.24. The van der Waals surface area contributed by atoms with Gasteiger partial charge in [-0.15, -0.1) is 12.4 Å². The lowest BCUT2D eigenvalue weighted by atomic mass is 9.90. The third-order valence-corrected chi connectivity index (χ3v) is 2.46. The van der Waals surface area contributed by atoms with Crippen molar-refractivity contribution in [1.82, 2.24) is 0 Å². The molecule has 2 nitrogen and oxygen atoms in total. The summed E-state index contributed by atoms with van der Waals surface area (Å²) in [6.45, 7) is 2.07. The normalized spacial score (nSPS) is 24.7. The Morgan fingerprint density at radius 3 is 2.29 bits per heavy atom. The average Bonchev–Trinajstić information content (AvgIpc) is 2.06. The van der Waals surface area contributed by atoms with Gasteiger partial charge in [0.25, 0.3) is 0 Å². The van der Waals surface area contributed by atoms with E-state index < -0.39 is 0 Å². The number of halogens is 1. The van der Waals surface area contributed by atoms with Crippen LogP contribution in [-0.4, -0.2) is 12.1 Å². The zero-order chi connectivity index (χ0) is 9.26. The summed E-state index contributed by atoms with van der Waals surface area (Å²) in [6.07, 6.45) is 2.33. The average molecular weight is 214 g/mol. The highest BCUT2D eigenvalue weighted by Crippen LogP contribution is 2.24. The highest BCUT2D eigenvalue weighted by Gasteiger charge is 2.27. The van der Waals surface area contributed by atoms with E-state index in [2.05, 4.69) is 19.1 Å². The van der Waals surface area contributed by atoms with Gasteiger partial charge in [0.05, 0.1) is 0 Å². The smallest absolute Gasteiger partial charge is 0.119 e. The molecule has 0 aliphatic heterocycles. The molecular formula is C11H16ClNO. The van der Waals surface area contributed by atoms with Crippen LogP contribution in [-0.2, 0) is 0 Å². The highest BCUT2D eigenvalue weighted by molar-refractivity contribution is 5.85. The van der Waals surface area contributed by atoms with Gasteiger partial charge >= 0.3 is 0 Å². The monoisotopic (exact) mass is 213 g/mol. The van der Waals surface area contributed by atoms with Gasteiger partial charge in [0.1, 0.15) is 11.9 Å². The minimum atomic E-state index is 0. The van der Waals surface area contributed by atoms with Gasteiger partial charge in [-0.3, -0.25) is 0 Å². The van der Waals surface area contributed by atoms with Crippen molar-refractivity contribution < 1.29 is 4.74 Å². The quantitative estimate of drug-likeness (QED) is 0.818. The van der Waals surface area contributed by atoms with E-state index >= 15 is 0 Å². The lowest BCUT2D eigenvalue weighted by Crippen LogP contribution is -2.43. The van der Waals surface area contributed by atoms with Crippen LogP contribution in [0.1, 0.15) is 18.4 Å². The molecule has 2 rings (SSSR count). The van der Waals surface area contributed by atoms with E-state index in [4.69, 9.17) is 10.5 Å². The Balaban J connectivity index is 0.000000980. The van der Waals surface area contributed by atoms with Gasteiger partial charge in [-0.05, 0) is 31.9 Å². The number of ether oxygens (including phenoxy) is 1. The van der Waals surface area contributed by atoms with Gasteiger partial charge in [0.2, 0.25) is 0 Å². The molecule has 0 heterocycles. The molecule has 0 saturated heterocycles. The topological polar surface area (TPSA) is 35.2 Å². The van der Waals surface area contributed by atoms with Gasteiger partial charge in [-0.1, -0.05) is 17.7 Å². The predicted octanol–water partition coefficient (Wildman–Crippen LogP) is 2.29. The summed E-state index contributed by atoms with van der Waals surface area (Å²) < 4.78 is 5.70. The molecule has 1 aromatic carbocycles. The number of hydrogen-bond acceptors (Lipinski definition) is 2. The van der Waals surface area contributed by atoms with E-state index in [0.717, 1.165) is 18.6 Å². The number of hydrogen-bond donors (Lipinski definition) is 1. The van der Waals surface area contributed by atoms with Crippen molar-refractivity contribution in [2.45, 2.75) is 31.9 Å².